The summed E-state index contributed by atoms with van der Waals surface area (Å²) in [6, 6.07) is 8.24. The van der Waals surface area contributed by atoms with Crippen molar-refractivity contribution in [3.63, 3.8) is 0 Å². The Kier molecular flexibility index (Phi) is 5.49. The van der Waals surface area contributed by atoms with E-state index in [2.05, 4.69) is 17.4 Å². The number of nitrogens with one attached hydrogen (secondary N) is 1. The minimum absolute atomic E-state index is 0.262. The Morgan fingerprint density at radius 2 is 1.81 bits per heavy atom. The van der Waals surface area contributed by atoms with Crippen LogP contribution in [0.5, 0.6) is 5.75 Å². The Morgan fingerprint density at radius 3 is 2.57 bits per heavy atom. The highest BCUT2D eigenvalue weighted by molar-refractivity contribution is 5.33. The Labute approximate surface area is 126 Å². The number of hydrogen-bond donors (Lipinski definition) is 1. The average Bonchev–Trinajstić information content (AvgIpc) is 3.20. The van der Waals surface area contributed by atoms with Crippen molar-refractivity contribution in [2.24, 2.45) is 0 Å². The molecule has 3 rings (SSSR count). The molecule has 0 aromatic heterocycles. The van der Waals surface area contributed by atoms with Crippen LogP contribution in [0.1, 0.15) is 31.2 Å². The molecule has 1 aromatic rings. The van der Waals surface area contributed by atoms with Crippen LogP contribution in [-0.2, 0) is 16.0 Å². The fraction of sp³-hybridized carbons (Fsp3) is 0.647. The summed E-state index contributed by atoms with van der Waals surface area (Å²) in [5.74, 6) is 0.966. The standard InChI is InChI=1S/C17H25NO3/c1-2-8-17(21-13-16-7-4-10-20-16)14(5-1)11-18-12-15-6-3-9-19-15/h1-2,5,8,15-16,18H,3-4,6-7,9-13H2. The van der Waals surface area contributed by atoms with Crippen molar-refractivity contribution < 1.29 is 14.2 Å². The van der Waals surface area contributed by atoms with Crippen molar-refractivity contribution in [2.45, 2.75) is 44.4 Å². The highest BCUT2D eigenvalue weighted by Crippen LogP contribution is 2.20. The normalized spacial score (nSPS) is 25.3. The second-order valence-electron chi connectivity index (χ2n) is 5.82. The highest BCUT2D eigenvalue weighted by Gasteiger charge is 2.17. The van der Waals surface area contributed by atoms with Gasteiger partial charge in [-0.15, -0.1) is 0 Å². The summed E-state index contributed by atoms with van der Waals surface area (Å²) >= 11 is 0. The van der Waals surface area contributed by atoms with Gasteiger partial charge < -0.3 is 19.5 Å². The molecule has 0 amide bonds. The third-order valence-corrected chi connectivity index (χ3v) is 4.13. The van der Waals surface area contributed by atoms with Gasteiger partial charge in [0.1, 0.15) is 12.4 Å². The van der Waals surface area contributed by atoms with Crippen LogP contribution in [0, 0.1) is 0 Å². The molecule has 2 unspecified atom stereocenters. The molecule has 116 valence electrons. The fourth-order valence-corrected chi connectivity index (χ4v) is 2.92. The third-order valence-electron chi connectivity index (χ3n) is 4.13. The molecule has 4 nitrogen and oxygen atoms in total. The second kappa shape index (κ2) is 7.78. The van der Waals surface area contributed by atoms with Gasteiger partial charge in [0.05, 0.1) is 12.2 Å². The summed E-state index contributed by atoms with van der Waals surface area (Å²) < 4.78 is 17.2. The van der Waals surface area contributed by atoms with Gasteiger partial charge in [0.25, 0.3) is 0 Å². The molecule has 21 heavy (non-hydrogen) atoms. The van der Waals surface area contributed by atoms with Gasteiger partial charge in [-0.1, -0.05) is 18.2 Å². The summed E-state index contributed by atoms with van der Waals surface area (Å²) in [6.07, 6.45) is 5.26. The van der Waals surface area contributed by atoms with Gasteiger partial charge in [0, 0.05) is 31.9 Å². The lowest BCUT2D eigenvalue weighted by atomic mass is 10.2. The maximum absolute atomic E-state index is 5.95. The smallest absolute Gasteiger partial charge is 0.123 e. The van der Waals surface area contributed by atoms with E-state index in [1.807, 2.05) is 12.1 Å². The van der Waals surface area contributed by atoms with Crippen LogP contribution in [0.15, 0.2) is 24.3 Å². The lowest BCUT2D eigenvalue weighted by Crippen LogP contribution is -2.26. The van der Waals surface area contributed by atoms with Crippen LogP contribution in [0.4, 0.5) is 0 Å². The van der Waals surface area contributed by atoms with Crippen molar-refractivity contribution in [1.82, 2.24) is 5.32 Å². The van der Waals surface area contributed by atoms with E-state index in [-0.39, 0.29) is 6.10 Å². The predicted molar refractivity (Wildman–Crippen MR) is 81.6 cm³/mol. The van der Waals surface area contributed by atoms with E-state index in [1.54, 1.807) is 0 Å². The maximum Gasteiger partial charge on any atom is 0.123 e. The molecule has 2 heterocycles. The second-order valence-corrected chi connectivity index (χ2v) is 5.82. The van der Waals surface area contributed by atoms with E-state index in [4.69, 9.17) is 14.2 Å². The van der Waals surface area contributed by atoms with Crippen LogP contribution >= 0.6 is 0 Å². The van der Waals surface area contributed by atoms with Crippen molar-refractivity contribution in [1.29, 1.82) is 0 Å². The molecule has 0 radical (unpaired) electrons. The summed E-state index contributed by atoms with van der Waals surface area (Å²) in [5, 5.41) is 3.48. The van der Waals surface area contributed by atoms with Crippen LogP contribution in [0.25, 0.3) is 0 Å². The zero-order valence-electron chi connectivity index (χ0n) is 12.6. The summed E-state index contributed by atoms with van der Waals surface area (Å²) in [6.45, 7) is 4.18. The lowest BCUT2D eigenvalue weighted by molar-refractivity contribution is 0.0675. The summed E-state index contributed by atoms with van der Waals surface area (Å²) in [5.41, 5.74) is 1.20. The van der Waals surface area contributed by atoms with Gasteiger partial charge >= 0.3 is 0 Å². The van der Waals surface area contributed by atoms with E-state index in [9.17, 15) is 0 Å². The van der Waals surface area contributed by atoms with Gasteiger partial charge in [0.15, 0.2) is 0 Å². The molecule has 0 bridgehead atoms. The SMILES string of the molecule is c1ccc(OCC2CCCO2)c(CNCC2CCCO2)c1. The quantitative estimate of drug-likeness (QED) is 0.838. The first-order valence-corrected chi connectivity index (χ1v) is 8.06. The van der Waals surface area contributed by atoms with Crippen molar-refractivity contribution in [2.75, 3.05) is 26.4 Å². The molecule has 2 aliphatic rings. The van der Waals surface area contributed by atoms with Gasteiger partial charge in [-0.05, 0) is 31.7 Å². The molecule has 1 aromatic carbocycles. The maximum atomic E-state index is 5.95. The predicted octanol–water partition coefficient (Wildman–Crippen LogP) is 2.51. The Bertz CT molecular complexity index is 426. The van der Waals surface area contributed by atoms with Crippen LogP contribution in [-0.4, -0.2) is 38.6 Å². The van der Waals surface area contributed by atoms with Crippen LogP contribution in [0.3, 0.4) is 0 Å². The summed E-state index contributed by atoms with van der Waals surface area (Å²) in [4.78, 5) is 0. The van der Waals surface area contributed by atoms with Crippen molar-refractivity contribution in [3.8, 4) is 5.75 Å². The molecule has 0 aliphatic carbocycles. The van der Waals surface area contributed by atoms with Gasteiger partial charge in [-0.2, -0.15) is 0 Å². The zero-order chi connectivity index (χ0) is 14.3. The molecule has 0 saturated carbocycles. The monoisotopic (exact) mass is 291 g/mol. The topological polar surface area (TPSA) is 39.7 Å². The molecule has 1 N–H and O–H groups in total. The Balaban J connectivity index is 1.46. The van der Waals surface area contributed by atoms with Crippen LogP contribution < -0.4 is 10.1 Å². The zero-order valence-corrected chi connectivity index (χ0v) is 12.6. The largest absolute Gasteiger partial charge is 0.491 e. The van der Waals surface area contributed by atoms with E-state index in [1.165, 1.54) is 18.4 Å². The van der Waals surface area contributed by atoms with Crippen molar-refractivity contribution in [3.05, 3.63) is 29.8 Å². The average molecular weight is 291 g/mol. The van der Waals surface area contributed by atoms with Crippen LogP contribution in [0.2, 0.25) is 0 Å². The van der Waals surface area contributed by atoms with Gasteiger partial charge in [-0.25, -0.2) is 0 Å². The Hall–Kier alpha value is -1.10. The minimum atomic E-state index is 0.262. The number of hydrogen-bond acceptors (Lipinski definition) is 4. The third kappa shape index (κ3) is 4.43. The summed E-state index contributed by atoms with van der Waals surface area (Å²) in [7, 11) is 0. The first-order chi connectivity index (χ1) is 10.4. The minimum Gasteiger partial charge on any atom is -0.491 e. The first-order valence-electron chi connectivity index (χ1n) is 8.06. The number of para-hydroxylation sites is 1. The molecule has 2 atom stereocenters. The van der Waals surface area contributed by atoms with Gasteiger partial charge in [0.2, 0.25) is 0 Å². The molecular formula is C17H25NO3. The van der Waals surface area contributed by atoms with E-state index < -0.39 is 0 Å². The molecular weight excluding hydrogens is 266 g/mol. The first kappa shape index (κ1) is 14.8. The molecule has 2 aliphatic heterocycles. The van der Waals surface area contributed by atoms with Crippen molar-refractivity contribution >= 4 is 0 Å². The number of ether oxygens (including phenoxy) is 3. The number of rotatable bonds is 7. The number of benzene rings is 1. The van der Waals surface area contributed by atoms with Gasteiger partial charge in [-0.3, -0.25) is 0 Å². The molecule has 2 fully saturated rings. The van der Waals surface area contributed by atoms with E-state index >= 15 is 0 Å². The highest BCUT2D eigenvalue weighted by atomic mass is 16.5. The fourth-order valence-electron chi connectivity index (χ4n) is 2.92. The molecule has 2 saturated heterocycles. The molecule has 4 heteroatoms. The molecule has 0 spiro atoms. The van der Waals surface area contributed by atoms with E-state index in [0.717, 1.165) is 44.9 Å². The van der Waals surface area contributed by atoms with E-state index in [0.29, 0.717) is 12.7 Å². The Morgan fingerprint density at radius 1 is 1.05 bits per heavy atom. The lowest BCUT2D eigenvalue weighted by Gasteiger charge is -2.16.